The van der Waals surface area contributed by atoms with Crippen LogP contribution in [0.5, 0.6) is 0 Å². The number of carbonyl (C=O) groups is 1. The van der Waals surface area contributed by atoms with Crippen LogP contribution >= 0.6 is 0 Å². The van der Waals surface area contributed by atoms with Gasteiger partial charge in [0.25, 0.3) is 5.91 Å². The standard InChI is InChI=1S/C22H40N4O3S/c1-4-7-16-26(17-8-5-2,18-9-6-3)19-22(27)25-20-10-12-21(13-11-20)30(28,29)24-15-14-23/h10-13,24H,4-9,14-19,23H2,1-3H3/p+1. The van der Waals surface area contributed by atoms with Crippen LogP contribution in [-0.2, 0) is 14.8 Å². The number of carbonyl (C=O) groups excluding carboxylic acids is 1. The number of quaternary nitrogens is 1. The van der Waals surface area contributed by atoms with Crippen molar-refractivity contribution in [1.82, 2.24) is 4.72 Å². The number of nitrogens with two attached hydrogens (primary N) is 1. The minimum atomic E-state index is -3.57. The fourth-order valence-corrected chi connectivity index (χ4v) is 4.60. The molecule has 172 valence electrons. The first-order valence-electron chi connectivity index (χ1n) is 11.3. The minimum Gasteiger partial charge on any atom is -0.329 e. The topological polar surface area (TPSA) is 101 Å². The Bertz CT molecular complexity index is 699. The number of unbranched alkanes of at least 4 members (excludes halogenated alkanes) is 3. The first-order chi connectivity index (χ1) is 14.3. The Morgan fingerprint density at radius 2 is 1.43 bits per heavy atom. The summed E-state index contributed by atoms with van der Waals surface area (Å²) in [6, 6.07) is 6.27. The van der Waals surface area contributed by atoms with E-state index >= 15 is 0 Å². The summed E-state index contributed by atoms with van der Waals surface area (Å²) < 4.78 is 27.6. The third-order valence-corrected chi connectivity index (χ3v) is 6.80. The van der Waals surface area contributed by atoms with Crippen molar-refractivity contribution >= 4 is 21.6 Å². The Morgan fingerprint density at radius 1 is 0.933 bits per heavy atom. The van der Waals surface area contributed by atoms with Gasteiger partial charge in [0.1, 0.15) is 0 Å². The van der Waals surface area contributed by atoms with Crippen LogP contribution in [0.2, 0.25) is 0 Å². The van der Waals surface area contributed by atoms with Gasteiger partial charge in [-0.05, 0) is 43.5 Å². The molecule has 4 N–H and O–H groups in total. The van der Waals surface area contributed by atoms with E-state index in [2.05, 4.69) is 30.8 Å². The van der Waals surface area contributed by atoms with Crippen molar-refractivity contribution in [3.8, 4) is 0 Å². The van der Waals surface area contributed by atoms with Crippen molar-refractivity contribution < 1.29 is 17.7 Å². The van der Waals surface area contributed by atoms with E-state index in [1.807, 2.05) is 0 Å². The van der Waals surface area contributed by atoms with Crippen LogP contribution in [0.15, 0.2) is 29.2 Å². The van der Waals surface area contributed by atoms with Crippen LogP contribution < -0.4 is 15.8 Å². The first-order valence-corrected chi connectivity index (χ1v) is 12.8. The average Bonchev–Trinajstić information content (AvgIpc) is 2.73. The number of benzene rings is 1. The summed E-state index contributed by atoms with van der Waals surface area (Å²) in [6.07, 6.45) is 6.70. The maximum Gasteiger partial charge on any atom is 0.279 e. The predicted molar refractivity (Wildman–Crippen MR) is 124 cm³/mol. The van der Waals surface area contributed by atoms with E-state index in [4.69, 9.17) is 5.73 Å². The van der Waals surface area contributed by atoms with Gasteiger partial charge in [0, 0.05) is 18.8 Å². The normalized spacial score (nSPS) is 12.1. The predicted octanol–water partition coefficient (Wildman–Crippen LogP) is 3.08. The van der Waals surface area contributed by atoms with Gasteiger partial charge in [-0.25, -0.2) is 13.1 Å². The van der Waals surface area contributed by atoms with E-state index in [0.29, 0.717) is 12.2 Å². The SMILES string of the molecule is CCCC[N+](CCCC)(CCCC)CC(=O)Nc1ccc(S(=O)(=O)NCCN)cc1. The summed E-state index contributed by atoms with van der Waals surface area (Å²) in [6.45, 7) is 10.5. The molecule has 0 bridgehead atoms. The van der Waals surface area contributed by atoms with Gasteiger partial charge in [0.2, 0.25) is 10.0 Å². The molecule has 0 fully saturated rings. The summed E-state index contributed by atoms with van der Waals surface area (Å²) in [5.74, 6) is -0.0184. The number of rotatable bonds is 16. The molecule has 0 aliphatic rings. The molecule has 30 heavy (non-hydrogen) atoms. The molecule has 0 radical (unpaired) electrons. The lowest BCUT2D eigenvalue weighted by Gasteiger charge is -2.38. The fraction of sp³-hybridized carbons (Fsp3) is 0.682. The highest BCUT2D eigenvalue weighted by atomic mass is 32.2. The Labute approximate surface area is 183 Å². The van der Waals surface area contributed by atoms with Crippen molar-refractivity contribution in [2.75, 3.05) is 44.6 Å². The maximum absolute atomic E-state index is 12.9. The van der Waals surface area contributed by atoms with Crippen molar-refractivity contribution in [3.05, 3.63) is 24.3 Å². The number of amides is 1. The number of anilines is 1. The highest BCUT2D eigenvalue weighted by molar-refractivity contribution is 7.89. The highest BCUT2D eigenvalue weighted by Gasteiger charge is 2.29. The molecule has 1 aromatic rings. The van der Waals surface area contributed by atoms with E-state index in [1.54, 1.807) is 12.1 Å². The molecule has 0 saturated heterocycles. The molecule has 0 saturated carbocycles. The second kappa shape index (κ2) is 13.7. The van der Waals surface area contributed by atoms with Gasteiger partial charge in [0.15, 0.2) is 6.54 Å². The van der Waals surface area contributed by atoms with Crippen LogP contribution in [0.25, 0.3) is 0 Å². The molecular formula is C22H41N4O3S+. The van der Waals surface area contributed by atoms with Crippen LogP contribution in [0.1, 0.15) is 59.3 Å². The van der Waals surface area contributed by atoms with Gasteiger partial charge in [-0.3, -0.25) is 4.79 Å². The molecule has 0 spiro atoms. The molecule has 1 aromatic carbocycles. The first kappa shape index (κ1) is 26.6. The summed E-state index contributed by atoms with van der Waals surface area (Å²) in [5.41, 5.74) is 5.97. The minimum absolute atomic E-state index is 0.0184. The lowest BCUT2D eigenvalue weighted by atomic mass is 10.1. The molecule has 0 heterocycles. The highest BCUT2D eigenvalue weighted by Crippen LogP contribution is 2.17. The van der Waals surface area contributed by atoms with Crippen LogP contribution in [0, 0.1) is 0 Å². The molecule has 0 atom stereocenters. The van der Waals surface area contributed by atoms with E-state index in [9.17, 15) is 13.2 Å². The van der Waals surface area contributed by atoms with E-state index in [1.165, 1.54) is 12.1 Å². The number of sulfonamides is 1. The maximum atomic E-state index is 12.9. The third kappa shape index (κ3) is 9.12. The zero-order valence-electron chi connectivity index (χ0n) is 19.0. The number of hydrogen-bond donors (Lipinski definition) is 3. The zero-order chi connectivity index (χ0) is 22.5. The van der Waals surface area contributed by atoms with Crippen LogP contribution in [0.3, 0.4) is 0 Å². The zero-order valence-corrected chi connectivity index (χ0v) is 19.8. The lowest BCUT2D eigenvalue weighted by molar-refractivity contribution is -0.921. The Balaban J connectivity index is 2.86. The summed E-state index contributed by atoms with van der Waals surface area (Å²) in [4.78, 5) is 13.0. The average molecular weight is 442 g/mol. The molecule has 0 aliphatic carbocycles. The molecule has 7 nitrogen and oxygen atoms in total. The van der Waals surface area contributed by atoms with Crippen LogP contribution in [-0.4, -0.2) is 58.1 Å². The molecule has 1 rings (SSSR count). The second-order valence-electron chi connectivity index (χ2n) is 7.99. The Morgan fingerprint density at radius 3 is 1.87 bits per heavy atom. The number of nitrogens with zero attached hydrogens (tertiary/aromatic N) is 1. The van der Waals surface area contributed by atoms with Crippen molar-refractivity contribution in [1.29, 1.82) is 0 Å². The van der Waals surface area contributed by atoms with E-state index < -0.39 is 10.0 Å². The molecule has 0 aliphatic heterocycles. The third-order valence-electron chi connectivity index (χ3n) is 5.32. The van der Waals surface area contributed by atoms with Gasteiger partial charge in [0.05, 0.1) is 24.5 Å². The molecule has 0 unspecified atom stereocenters. The monoisotopic (exact) mass is 441 g/mol. The van der Waals surface area contributed by atoms with Crippen molar-refractivity contribution in [2.45, 2.75) is 64.2 Å². The van der Waals surface area contributed by atoms with E-state index in [-0.39, 0.29) is 23.9 Å². The Hall–Kier alpha value is -1.48. The fourth-order valence-electron chi connectivity index (χ4n) is 3.55. The van der Waals surface area contributed by atoms with Gasteiger partial charge in [-0.15, -0.1) is 0 Å². The molecule has 0 aromatic heterocycles. The Kier molecular flexibility index (Phi) is 12.2. The van der Waals surface area contributed by atoms with E-state index in [0.717, 1.165) is 62.6 Å². The second-order valence-corrected chi connectivity index (χ2v) is 9.76. The van der Waals surface area contributed by atoms with Gasteiger partial charge in [-0.2, -0.15) is 0 Å². The quantitative estimate of drug-likeness (QED) is 0.343. The number of hydrogen-bond acceptors (Lipinski definition) is 4. The summed E-state index contributed by atoms with van der Waals surface area (Å²) in [5, 5.41) is 2.96. The number of nitrogens with one attached hydrogen (secondary N) is 2. The van der Waals surface area contributed by atoms with Gasteiger partial charge < -0.3 is 15.5 Å². The van der Waals surface area contributed by atoms with Gasteiger partial charge in [-0.1, -0.05) is 40.0 Å². The van der Waals surface area contributed by atoms with Gasteiger partial charge >= 0.3 is 0 Å². The smallest absolute Gasteiger partial charge is 0.279 e. The summed E-state index contributed by atoms with van der Waals surface area (Å²) in [7, 11) is -3.57. The van der Waals surface area contributed by atoms with Crippen molar-refractivity contribution in [2.24, 2.45) is 5.73 Å². The van der Waals surface area contributed by atoms with Crippen LogP contribution in [0.4, 0.5) is 5.69 Å². The summed E-state index contributed by atoms with van der Waals surface area (Å²) >= 11 is 0. The molecular weight excluding hydrogens is 400 g/mol. The van der Waals surface area contributed by atoms with Crippen molar-refractivity contribution in [3.63, 3.8) is 0 Å². The molecule has 1 amide bonds. The molecule has 8 heteroatoms. The largest absolute Gasteiger partial charge is 0.329 e. The lowest BCUT2D eigenvalue weighted by Crippen LogP contribution is -2.54.